The summed E-state index contributed by atoms with van der Waals surface area (Å²) in [6.45, 7) is 0. The second-order valence-electron chi connectivity index (χ2n) is 6.50. The van der Waals surface area contributed by atoms with Crippen molar-refractivity contribution in [2.45, 2.75) is 6.04 Å². The Bertz CT molecular complexity index is 1250. The highest BCUT2D eigenvalue weighted by molar-refractivity contribution is 6.31. The van der Waals surface area contributed by atoms with Gasteiger partial charge in [0.05, 0.1) is 5.69 Å². The highest BCUT2D eigenvalue weighted by Crippen LogP contribution is 2.43. The Balaban J connectivity index is 1.88. The largest absolute Gasteiger partial charge is 0.397 e. The Morgan fingerprint density at radius 2 is 1.83 bits per heavy atom. The highest BCUT2D eigenvalue weighted by Gasteiger charge is 2.30. The maximum absolute atomic E-state index is 9.42. The SMILES string of the molecule is N#CNC1=NC(c2ccc(-c3ccccc3)cc2Cl)c2c(nc(N)c(C#N)c2N)N1. The maximum Gasteiger partial charge on any atom is 0.211 e. The van der Waals surface area contributed by atoms with Crippen molar-refractivity contribution in [1.29, 1.82) is 10.5 Å². The lowest BCUT2D eigenvalue weighted by atomic mass is 9.93. The number of nitrogens with one attached hydrogen (secondary N) is 2. The lowest BCUT2D eigenvalue weighted by Gasteiger charge is -2.26. The molecule has 0 spiro atoms. The molecule has 0 saturated carbocycles. The molecular formula is C21H15ClN8. The van der Waals surface area contributed by atoms with Crippen LogP contribution in [0, 0.1) is 22.8 Å². The average molecular weight is 415 g/mol. The number of guanidine groups is 1. The number of benzene rings is 2. The molecule has 146 valence electrons. The molecule has 0 saturated heterocycles. The Morgan fingerprint density at radius 1 is 1.07 bits per heavy atom. The van der Waals surface area contributed by atoms with Gasteiger partial charge in [0.1, 0.15) is 29.3 Å². The van der Waals surface area contributed by atoms with E-state index in [0.717, 1.165) is 11.1 Å². The molecule has 8 nitrogen and oxygen atoms in total. The first kappa shape index (κ1) is 19.1. The molecule has 1 aliphatic rings. The molecule has 1 atom stereocenters. The number of aromatic nitrogens is 1. The number of nitrogens with two attached hydrogens (primary N) is 2. The number of nitrogens with zero attached hydrogens (tertiary/aromatic N) is 4. The van der Waals surface area contributed by atoms with E-state index in [4.69, 9.17) is 28.3 Å². The Kier molecular flexibility index (Phi) is 4.85. The summed E-state index contributed by atoms with van der Waals surface area (Å²) in [6.07, 6.45) is 1.82. The molecule has 0 fully saturated rings. The van der Waals surface area contributed by atoms with Gasteiger partial charge in [-0.2, -0.15) is 10.5 Å². The van der Waals surface area contributed by atoms with Crippen molar-refractivity contribution in [2.75, 3.05) is 16.8 Å². The lowest BCUT2D eigenvalue weighted by molar-refractivity contribution is 0.847. The number of hydrogen-bond acceptors (Lipinski definition) is 8. The van der Waals surface area contributed by atoms with E-state index in [0.29, 0.717) is 22.0 Å². The van der Waals surface area contributed by atoms with E-state index in [9.17, 15) is 5.26 Å². The topological polar surface area (TPSA) is 149 Å². The summed E-state index contributed by atoms with van der Waals surface area (Å²) in [7, 11) is 0. The van der Waals surface area contributed by atoms with Crippen LogP contribution in [0.5, 0.6) is 0 Å². The summed E-state index contributed by atoms with van der Waals surface area (Å²) < 4.78 is 0. The molecular weight excluding hydrogens is 400 g/mol. The molecule has 0 aliphatic carbocycles. The number of fused-ring (bicyclic) bond motifs is 1. The summed E-state index contributed by atoms with van der Waals surface area (Å²) in [5.74, 6) is 0.475. The molecule has 0 radical (unpaired) electrons. The van der Waals surface area contributed by atoms with Gasteiger partial charge in [0.25, 0.3) is 0 Å². The van der Waals surface area contributed by atoms with Crippen LogP contribution in [0.1, 0.15) is 22.7 Å². The number of nitriles is 2. The van der Waals surface area contributed by atoms with Crippen LogP contribution in [0.25, 0.3) is 11.1 Å². The number of anilines is 3. The zero-order valence-corrected chi connectivity index (χ0v) is 16.3. The molecule has 4 rings (SSSR count). The fourth-order valence-corrected chi connectivity index (χ4v) is 3.65. The Morgan fingerprint density at radius 3 is 2.50 bits per heavy atom. The number of hydrogen-bond donors (Lipinski definition) is 4. The fourth-order valence-electron chi connectivity index (χ4n) is 3.37. The smallest absolute Gasteiger partial charge is 0.211 e. The van der Waals surface area contributed by atoms with E-state index in [1.807, 2.05) is 60.8 Å². The summed E-state index contributed by atoms with van der Waals surface area (Å²) in [6, 6.07) is 16.7. The second-order valence-corrected chi connectivity index (χ2v) is 6.91. The van der Waals surface area contributed by atoms with Crippen LogP contribution in [-0.4, -0.2) is 10.9 Å². The van der Waals surface area contributed by atoms with Gasteiger partial charge in [0.2, 0.25) is 5.96 Å². The molecule has 1 unspecified atom stereocenters. The number of nitrogen functional groups attached to an aromatic ring is 2. The van der Waals surface area contributed by atoms with Gasteiger partial charge < -0.3 is 16.8 Å². The van der Waals surface area contributed by atoms with E-state index in [2.05, 4.69) is 20.6 Å². The number of rotatable bonds is 2. The van der Waals surface area contributed by atoms with E-state index in [1.165, 1.54) is 0 Å². The van der Waals surface area contributed by atoms with Crippen molar-refractivity contribution < 1.29 is 0 Å². The first-order valence-corrected chi connectivity index (χ1v) is 9.25. The molecule has 1 aromatic heterocycles. The van der Waals surface area contributed by atoms with E-state index in [1.54, 1.807) is 0 Å². The third kappa shape index (κ3) is 3.22. The average Bonchev–Trinajstić information content (AvgIpc) is 2.74. The van der Waals surface area contributed by atoms with Crippen LogP contribution < -0.4 is 22.1 Å². The maximum atomic E-state index is 9.42. The zero-order chi connectivity index (χ0) is 21.3. The molecule has 30 heavy (non-hydrogen) atoms. The van der Waals surface area contributed by atoms with Crippen molar-refractivity contribution in [3.05, 3.63) is 70.2 Å². The molecule has 3 aromatic rings. The lowest BCUT2D eigenvalue weighted by Crippen LogP contribution is -2.32. The molecule has 6 N–H and O–H groups in total. The standard InChI is InChI=1S/C21H15ClN8/c22-15-8-12(11-4-2-1-3-5-11)6-7-13(15)18-16-17(25)14(9-23)19(26)29-20(16)30-21(28-18)27-10-24/h1-8,18H,(H6,25,26,27,28,29,30). The second kappa shape index (κ2) is 7.63. The number of pyridine rings is 1. The van der Waals surface area contributed by atoms with Crippen LogP contribution in [0.2, 0.25) is 5.02 Å². The van der Waals surface area contributed by atoms with Crippen LogP contribution in [0.4, 0.5) is 17.3 Å². The number of halogens is 1. The molecule has 9 heteroatoms. The van der Waals surface area contributed by atoms with Gasteiger partial charge in [-0.1, -0.05) is 54.1 Å². The normalized spacial score (nSPS) is 14.5. The summed E-state index contributed by atoms with van der Waals surface area (Å²) >= 11 is 6.64. The van der Waals surface area contributed by atoms with Gasteiger partial charge in [-0.15, -0.1) is 0 Å². The van der Waals surface area contributed by atoms with Gasteiger partial charge in [-0.3, -0.25) is 5.32 Å². The number of aliphatic imine (C=N–C) groups is 1. The van der Waals surface area contributed by atoms with Gasteiger partial charge in [0, 0.05) is 10.6 Å². The van der Waals surface area contributed by atoms with E-state index < -0.39 is 6.04 Å². The Hall–Kier alpha value is -4.27. The van der Waals surface area contributed by atoms with Gasteiger partial charge in [-0.25, -0.2) is 9.98 Å². The van der Waals surface area contributed by atoms with Crippen molar-refractivity contribution in [1.82, 2.24) is 10.3 Å². The van der Waals surface area contributed by atoms with Gasteiger partial charge >= 0.3 is 0 Å². The van der Waals surface area contributed by atoms with Crippen LogP contribution in [0.15, 0.2) is 53.5 Å². The monoisotopic (exact) mass is 414 g/mol. The summed E-state index contributed by atoms with van der Waals surface area (Å²) in [5.41, 5.74) is 15.4. The molecule has 2 aromatic carbocycles. The minimum absolute atomic E-state index is 0.0104. The predicted octanol–water partition coefficient (Wildman–Crippen LogP) is 3.38. The van der Waals surface area contributed by atoms with Crippen molar-refractivity contribution >= 4 is 34.9 Å². The predicted molar refractivity (Wildman–Crippen MR) is 116 cm³/mol. The third-order valence-electron chi connectivity index (χ3n) is 4.76. The van der Waals surface area contributed by atoms with Crippen molar-refractivity contribution in [3.63, 3.8) is 0 Å². The van der Waals surface area contributed by atoms with Crippen molar-refractivity contribution in [2.24, 2.45) is 4.99 Å². The van der Waals surface area contributed by atoms with Crippen LogP contribution in [0.3, 0.4) is 0 Å². The van der Waals surface area contributed by atoms with E-state index >= 15 is 0 Å². The van der Waals surface area contributed by atoms with Crippen LogP contribution in [-0.2, 0) is 0 Å². The first-order valence-electron chi connectivity index (χ1n) is 8.87. The molecule has 1 aliphatic heterocycles. The highest BCUT2D eigenvalue weighted by atomic mass is 35.5. The zero-order valence-electron chi connectivity index (χ0n) is 15.5. The minimum atomic E-state index is -0.686. The summed E-state index contributed by atoms with van der Waals surface area (Å²) in [4.78, 5) is 8.77. The van der Waals surface area contributed by atoms with Gasteiger partial charge in [0.15, 0.2) is 6.19 Å². The van der Waals surface area contributed by atoms with Crippen molar-refractivity contribution in [3.8, 4) is 23.4 Å². The minimum Gasteiger partial charge on any atom is -0.397 e. The third-order valence-corrected chi connectivity index (χ3v) is 5.09. The fraction of sp³-hybridized carbons (Fsp3) is 0.0476. The first-order chi connectivity index (χ1) is 14.5. The van der Waals surface area contributed by atoms with E-state index in [-0.39, 0.29) is 23.0 Å². The molecule has 0 bridgehead atoms. The Labute approximate surface area is 177 Å². The van der Waals surface area contributed by atoms with Crippen LogP contribution >= 0.6 is 11.6 Å². The quantitative estimate of drug-likeness (QED) is 0.371. The summed E-state index contributed by atoms with van der Waals surface area (Å²) in [5, 5.41) is 24.2. The molecule has 2 heterocycles. The van der Waals surface area contributed by atoms with Gasteiger partial charge in [-0.05, 0) is 22.8 Å². The molecule has 0 amide bonds.